The maximum atomic E-state index is 12.0. The summed E-state index contributed by atoms with van der Waals surface area (Å²) in [6, 6.07) is 11.2. The molecule has 0 heterocycles. The first-order valence-electron chi connectivity index (χ1n) is 6.41. The van der Waals surface area contributed by atoms with Gasteiger partial charge in [0.25, 0.3) is 10.0 Å². The van der Waals surface area contributed by atoms with Crippen molar-refractivity contribution in [2.45, 2.75) is 11.8 Å². The fraction of sp³-hybridized carbons (Fsp3) is 0.133. The van der Waals surface area contributed by atoms with E-state index in [4.69, 9.17) is 4.74 Å². The monoisotopic (exact) mass is 320 g/mol. The summed E-state index contributed by atoms with van der Waals surface area (Å²) in [5.41, 5.74) is 1.30. The SMILES string of the molecule is COc1cccc(/C=N/NS(=O)(=O)c2ccc(C)cc2)c1O. The number of hydrogen-bond acceptors (Lipinski definition) is 5. The number of sulfonamides is 1. The van der Waals surface area contributed by atoms with Gasteiger partial charge in [0.05, 0.1) is 18.2 Å². The van der Waals surface area contributed by atoms with Crippen LogP contribution in [0.1, 0.15) is 11.1 Å². The Morgan fingerprint density at radius 3 is 2.50 bits per heavy atom. The van der Waals surface area contributed by atoms with E-state index in [1.807, 2.05) is 6.92 Å². The Morgan fingerprint density at radius 2 is 1.86 bits per heavy atom. The van der Waals surface area contributed by atoms with Gasteiger partial charge in [-0.05, 0) is 31.2 Å². The first-order valence-corrected chi connectivity index (χ1v) is 7.90. The third kappa shape index (κ3) is 3.56. The van der Waals surface area contributed by atoms with Crippen molar-refractivity contribution in [2.75, 3.05) is 7.11 Å². The number of methoxy groups -OCH3 is 1. The van der Waals surface area contributed by atoms with Crippen LogP contribution in [0.2, 0.25) is 0 Å². The molecule has 0 saturated heterocycles. The minimum absolute atomic E-state index is 0.108. The molecule has 7 heteroatoms. The van der Waals surface area contributed by atoms with Gasteiger partial charge in [-0.3, -0.25) is 0 Å². The van der Waals surface area contributed by atoms with E-state index in [1.54, 1.807) is 30.3 Å². The van der Waals surface area contributed by atoms with Crippen LogP contribution < -0.4 is 9.57 Å². The minimum Gasteiger partial charge on any atom is -0.504 e. The van der Waals surface area contributed by atoms with Crippen molar-refractivity contribution in [3.8, 4) is 11.5 Å². The molecule has 0 unspecified atom stereocenters. The molecule has 0 aliphatic carbocycles. The van der Waals surface area contributed by atoms with E-state index in [9.17, 15) is 13.5 Å². The number of phenols is 1. The summed E-state index contributed by atoms with van der Waals surface area (Å²) in [5, 5.41) is 13.5. The van der Waals surface area contributed by atoms with Gasteiger partial charge in [-0.2, -0.15) is 13.5 Å². The molecule has 0 amide bonds. The molecule has 0 atom stereocenters. The lowest BCUT2D eigenvalue weighted by Crippen LogP contribution is -2.18. The number of hydrogen-bond donors (Lipinski definition) is 2. The number of ether oxygens (including phenoxy) is 1. The zero-order chi connectivity index (χ0) is 16.2. The lowest BCUT2D eigenvalue weighted by atomic mass is 10.2. The Kier molecular flexibility index (Phi) is 4.67. The van der Waals surface area contributed by atoms with Crippen LogP contribution in [0.5, 0.6) is 11.5 Å². The summed E-state index contributed by atoms with van der Waals surface area (Å²) in [6.07, 6.45) is 1.21. The van der Waals surface area contributed by atoms with Crippen molar-refractivity contribution in [3.05, 3.63) is 53.6 Å². The second-order valence-electron chi connectivity index (χ2n) is 4.56. The summed E-state index contributed by atoms with van der Waals surface area (Å²) in [4.78, 5) is 2.21. The van der Waals surface area contributed by atoms with Crippen LogP contribution in [0.3, 0.4) is 0 Å². The molecule has 116 valence electrons. The van der Waals surface area contributed by atoms with Gasteiger partial charge >= 0.3 is 0 Å². The molecule has 0 aliphatic heterocycles. The minimum atomic E-state index is -3.74. The van der Waals surface area contributed by atoms with E-state index in [0.717, 1.165) is 5.56 Å². The number of benzene rings is 2. The summed E-state index contributed by atoms with van der Waals surface area (Å²) < 4.78 is 29.0. The third-order valence-corrected chi connectivity index (χ3v) is 4.20. The Hall–Kier alpha value is -2.54. The number of hydrazone groups is 1. The van der Waals surface area contributed by atoms with Crippen LogP contribution in [0, 0.1) is 6.92 Å². The Balaban J connectivity index is 2.17. The van der Waals surface area contributed by atoms with Crippen molar-refractivity contribution in [2.24, 2.45) is 5.10 Å². The van der Waals surface area contributed by atoms with Gasteiger partial charge in [-0.15, -0.1) is 0 Å². The number of nitrogens with one attached hydrogen (secondary N) is 1. The quantitative estimate of drug-likeness (QED) is 0.652. The highest BCUT2D eigenvalue weighted by Crippen LogP contribution is 2.27. The molecular weight excluding hydrogens is 304 g/mol. The fourth-order valence-electron chi connectivity index (χ4n) is 1.74. The van der Waals surface area contributed by atoms with E-state index in [2.05, 4.69) is 9.93 Å². The molecule has 0 bridgehead atoms. The lowest BCUT2D eigenvalue weighted by molar-refractivity contribution is 0.373. The van der Waals surface area contributed by atoms with E-state index in [1.165, 1.54) is 25.5 Å². The molecule has 0 fully saturated rings. The van der Waals surface area contributed by atoms with Gasteiger partial charge < -0.3 is 9.84 Å². The number of aromatic hydroxyl groups is 1. The second-order valence-corrected chi connectivity index (χ2v) is 6.22. The average Bonchev–Trinajstić information content (AvgIpc) is 2.49. The normalized spacial score (nSPS) is 11.5. The molecule has 2 rings (SSSR count). The standard InChI is InChI=1S/C15H16N2O4S/c1-11-6-8-13(9-7-11)22(19,20)17-16-10-12-4-3-5-14(21-2)15(12)18/h3-10,17-18H,1-2H3/b16-10+. The zero-order valence-corrected chi connectivity index (χ0v) is 13.0. The number of aryl methyl sites for hydroxylation is 1. The van der Waals surface area contributed by atoms with Crippen molar-refractivity contribution >= 4 is 16.2 Å². The molecule has 0 spiro atoms. The number of para-hydroxylation sites is 1. The van der Waals surface area contributed by atoms with Crippen LogP contribution in [-0.2, 0) is 10.0 Å². The fourth-order valence-corrected chi connectivity index (χ4v) is 2.53. The molecule has 0 aliphatic rings. The van der Waals surface area contributed by atoms with Crippen LogP contribution in [-0.4, -0.2) is 26.8 Å². The van der Waals surface area contributed by atoms with E-state index in [0.29, 0.717) is 5.56 Å². The summed E-state index contributed by atoms with van der Waals surface area (Å²) in [7, 11) is -2.31. The van der Waals surface area contributed by atoms with Gasteiger partial charge in [0.1, 0.15) is 0 Å². The van der Waals surface area contributed by atoms with E-state index >= 15 is 0 Å². The highest BCUT2D eigenvalue weighted by atomic mass is 32.2. The van der Waals surface area contributed by atoms with Crippen LogP contribution in [0.25, 0.3) is 0 Å². The topological polar surface area (TPSA) is 88.0 Å². The average molecular weight is 320 g/mol. The third-order valence-electron chi connectivity index (χ3n) is 2.96. The molecule has 2 aromatic rings. The Labute approximate surface area is 129 Å². The van der Waals surface area contributed by atoms with Crippen molar-refractivity contribution in [3.63, 3.8) is 0 Å². The second kappa shape index (κ2) is 6.48. The van der Waals surface area contributed by atoms with Crippen LogP contribution >= 0.6 is 0 Å². The van der Waals surface area contributed by atoms with Crippen molar-refractivity contribution in [1.29, 1.82) is 0 Å². The smallest absolute Gasteiger partial charge is 0.276 e. The number of rotatable bonds is 5. The number of phenolic OH excluding ortho intramolecular Hbond substituents is 1. The van der Waals surface area contributed by atoms with E-state index in [-0.39, 0.29) is 16.4 Å². The highest BCUT2D eigenvalue weighted by molar-refractivity contribution is 7.89. The Bertz CT molecular complexity index is 784. The number of nitrogens with zero attached hydrogens (tertiary/aromatic N) is 1. The summed E-state index contributed by atoms with van der Waals surface area (Å²) >= 11 is 0. The van der Waals surface area contributed by atoms with Gasteiger partial charge in [-0.1, -0.05) is 23.8 Å². The van der Waals surface area contributed by atoms with Crippen LogP contribution in [0.4, 0.5) is 0 Å². The predicted octanol–water partition coefficient (Wildman–Crippen LogP) is 2.02. The molecule has 22 heavy (non-hydrogen) atoms. The molecular formula is C15H16N2O4S. The first kappa shape index (κ1) is 15.8. The van der Waals surface area contributed by atoms with Crippen molar-refractivity contribution in [1.82, 2.24) is 4.83 Å². The van der Waals surface area contributed by atoms with Gasteiger partial charge in [-0.25, -0.2) is 4.83 Å². The molecule has 2 N–H and O–H groups in total. The highest BCUT2D eigenvalue weighted by Gasteiger charge is 2.12. The maximum Gasteiger partial charge on any atom is 0.276 e. The molecule has 0 aromatic heterocycles. The first-order chi connectivity index (χ1) is 10.4. The predicted molar refractivity (Wildman–Crippen MR) is 83.8 cm³/mol. The van der Waals surface area contributed by atoms with Gasteiger partial charge in [0.2, 0.25) is 0 Å². The van der Waals surface area contributed by atoms with Gasteiger partial charge in [0, 0.05) is 5.56 Å². The van der Waals surface area contributed by atoms with Gasteiger partial charge in [0.15, 0.2) is 11.5 Å². The summed E-state index contributed by atoms with van der Waals surface area (Å²) in [6.45, 7) is 1.87. The Morgan fingerprint density at radius 1 is 1.18 bits per heavy atom. The molecule has 2 aromatic carbocycles. The van der Waals surface area contributed by atoms with Crippen LogP contribution in [0.15, 0.2) is 52.5 Å². The molecule has 0 radical (unpaired) electrons. The maximum absolute atomic E-state index is 12.0. The zero-order valence-electron chi connectivity index (χ0n) is 12.1. The molecule has 0 saturated carbocycles. The van der Waals surface area contributed by atoms with Crippen molar-refractivity contribution < 1.29 is 18.3 Å². The molecule has 6 nitrogen and oxygen atoms in total. The lowest BCUT2D eigenvalue weighted by Gasteiger charge is -2.06. The largest absolute Gasteiger partial charge is 0.504 e. The summed E-state index contributed by atoms with van der Waals surface area (Å²) in [5.74, 6) is 0.175. The van der Waals surface area contributed by atoms with E-state index < -0.39 is 10.0 Å².